The standard InChI is InChI=1S/C9H11IN2O6/c10-5-1-8(12(16)17)11(3-5)9(15)2-6(14)7(4-13)18-9/h1,3,6-7,13-15H,2,4H2/t6-,7+,9-/m0/s1. The summed E-state index contributed by atoms with van der Waals surface area (Å²) in [7, 11) is 0. The quantitative estimate of drug-likeness (QED) is 0.384. The number of ether oxygens (including phenoxy) is 1. The summed E-state index contributed by atoms with van der Waals surface area (Å²) in [5.74, 6) is -2.36. The first-order valence-corrected chi connectivity index (χ1v) is 6.17. The fourth-order valence-corrected chi connectivity index (χ4v) is 2.48. The molecule has 8 nitrogen and oxygen atoms in total. The van der Waals surface area contributed by atoms with Gasteiger partial charge in [0.1, 0.15) is 12.3 Å². The largest absolute Gasteiger partial charge is 0.394 e. The number of hydrogen-bond donors (Lipinski definition) is 3. The monoisotopic (exact) mass is 370 g/mol. The number of aliphatic hydroxyl groups excluding tert-OH is 2. The molecule has 1 aromatic rings. The van der Waals surface area contributed by atoms with Crippen molar-refractivity contribution in [1.29, 1.82) is 0 Å². The lowest BCUT2D eigenvalue weighted by atomic mass is 10.2. The van der Waals surface area contributed by atoms with Crippen molar-refractivity contribution in [3.63, 3.8) is 0 Å². The van der Waals surface area contributed by atoms with Gasteiger partial charge in [-0.1, -0.05) is 0 Å². The molecule has 0 bridgehead atoms. The van der Waals surface area contributed by atoms with Crippen molar-refractivity contribution in [2.75, 3.05) is 6.61 Å². The average Bonchev–Trinajstić information content (AvgIpc) is 2.80. The molecule has 0 amide bonds. The third-order valence-electron chi connectivity index (χ3n) is 2.75. The van der Waals surface area contributed by atoms with Gasteiger partial charge >= 0.3 is 11.7 Å². The molecule has 1 aliphatic heterocycles. The Labute approximate surface area is 115 Å². The summed E-state index contributed by atoms with van der Waals surface area (Å²) in [4.78, 5) is 10.2. The second-order valence-electron chi connectivity index (χ2n) is 4.00. The molecule has 0 unspecified atom stereocenters. The van der Waals surface area contributed by atoms with Crippen molar-refractivity contribution in [3.8, 4) is 0 Å². The van der Waals surface area contributed by atoms with Gasteiger partial charge in [0.15, 0.2) is 0 Å². The zero-order chi connectivity index (χ0) is 13.5. The summed E-state index contributed by atoms with van der Waals surface area (Å²) in [6, 6.07) is 1.28. The molecule has 0 aliphatic carbocycles. The van der Waals surface area contributed by atoms with Crippen LogP contribution >= 0.6 is 22.6 Å². The van der Waals surface area contributed by atoms with Crippen molar-refractivity contribution >= 4 is 28.4 Å². The van der Waals surface area contributed by atoms with E-state index in [1.807, 2.05) is 22.6 Å². The molecule has 100 valence electrons. The second kappa shape index (κ2) is 4.74. The van der Waals surface area contributed by atoms with Crippen LogP contribution in [0.2, 0.25) is 0 Å². The molecule has 3 N–H and O–H groups in total. The van der Waals surface area contributed by atoms with Gasteiger partial charge in [0, 0.05) is 6.07 Å². The van der Waals surface area contributed by atoms with E-state index in [-0.39, 0.29) is 12.2 Å². The molecule has 0 saturated carbocycles. The van der Waals surface area contributed by atoms with E-state index in [1.54, 1.807) is 0 Å². The van der Waals surface area contributed by atoms with Crippen molar-refractivity contribution in [3.05, 3.63) is 25.9 Å². The molecule has 1 fully saturated rings. The number of nitro groups is 1. The van der Waals surface area contributed by atoms with Crippen LogP contribution < -0.4 is 0 Å². The highest BCUT2D eigenvalue weighted by Gasteiger charge is 2.51. The number of aromatic nitrogens is 1. The van der Waals surface area contributed by atoms with Gasteiger partial charge in [0.2, 0.25) is 0 Å². The van der Waals surface area contributed by atoms with Crippen LogP contribution in [0, 0.1) is 13.7 Å². The Balaban J connectivity index is 2.40. The normalized spacial score (nSPS) is 31.8. The minimum atomic E-state index is -2.02. The number of hydrogen-bond acceptors (Lipinski definition) is 6. The molecule has 18 heavy (non-hydrogen) atoms. The number of aliphatic hydroxyl groups is 3. The highest BCUT2D eigenvalue weighted by molar-refractivity contribution is 14.1. The summed E-state index contributed by atoms with van der Waals surface area (Å²) >= 11 is 1.87. The van der Waals surface area contributed by atoms with Crippen LogP contribution in [-0.2, 0) is 10.6 Å². The minimum absolute atomic E-state index is 0.246. The molecule has 0 radical (unpaired) electrons. The summed E-state index contributed by atoms with van der Waals surface area (Å²) in [5.41, 5.74) is 0. The lowest BCUT2D eigenvalue weighted by Crippen LogP contribution is -2.34. The fourth-order valence-electron chi connectivity index (χ4n) is 1.93. The van der Waals surface area contributed by atoms with Crippen LogP contribution in [0.4, 0.5) is 5.82 Å². The Kier molecular flexibility index (Phi) is 3.60. The van der Waals surface area contributed by atoms with Gasteiger partial charge in [-0.25, -0.2) is 0 Å². The molecule has 1 aliphatic rings. The Morgan fingerprint density at radius 3 is 2.89 bits per heavy atom. The summed E-state index contributed by atoms with van der Waals surface area (Å²) in [6.45, 7) is -0.477. The molecular formula is C9H11IN2O6. The first-order valence-electron chi connectivity index (χ1n) is 5.09. The zero-order valence-corrected chi connectivity index (χ0v) is 11.2. The van der Waals surface area contributed by atoms with Crippen LogP contribution in [0.5, 0.6) is 0 Å². The molecule has 9 heteroatoms. The molecule has 0 aromatic carbocycles. The van der Waals surface area contributed by atoms with E-state index < -0.39 is 29.6 Å². The number of nitrogens with zero attached hydrogens (tertiary/aromatic N) is 2. The first kappa shape index (κ1) is 13.7. The van der Waals surface area contributed by atoms with Gasteiger partial charge in [-0.05, 0) is 27.5 Å². The van der Waals surface area contributed by atoms with Gasteiger partial charge in [0.05, 0.1) is 22.7 Å². The van der Waals surface area contributed by atoms with E-state index in [2.05, 4.69) is 0 Å². The van der Waals surface area contributed by atoms with E-state index in [1.165, 1.54) is 12.3 Å². The highest BCUT2D eigenvalue weighted by Crippen LogP contribution is 2.36. The van der Waals surface area contributed by atoms with E-state index in [0.717, 1.165) is 4.57 Å². The number of halogens is 1. The summed E-state index contributed by atoms with van der Waals surface area (Å²) in [6.07, 6.45) is -0.941. The van der Waals surface area contributed by atoms with Crippen molar-refractivity contribution in [2.45, 2.75) is 24.5 Å². The van der Waals surface area contributed by atoms with Crippen molar-refractivity contribution in [2.24, 2.45) is 0 Å². The molecule has 2 heterocycles. The predicted molar refractivity (Wildman–Crippen MR) is 66.6 cm³/mol. The third kappa shape index (κ3) is 2.23. The average molecular weight is 370 g/mol. The fraction of sp³-hybridized carbons (Fsp3) is 0.556. The Morgan fingerprint density at radius 1 is 1.72 bits per heavy atom. The van der Waals surface area contributed by atoms with Crippen LogP contribution in [0.15, 0.2) is 12.3 Å². The maximum atomic E-state index is 10.9. The van der Waals surface area contributed by atoms with E-state index in [0.29, 0.717) is 3.57 Å². The Morgan fingerprint density at radius 2 is 2.39 bits per heavy atom. The first-order chi connectivity index (χ1) is 8.37. The molecule has 2 rings (SSSR count). The molecule has 1 aromatic heterocycles. The Hall–Kier alpha value is -0.750. The molecule has 1 saturated heterocycles. The van der Waals surface area contributed by atoms with E-state index >= 15 is 0 Å². The SMILES string of the molecule is O=[N+]([O-])c1cc(I)cn1[C@]1(O)C[C@H](O)[C@@H](CO)O1. The minimum Gasteiger partial charge on any atom is -0.394 e. The molecule has 0 spiro atoms. The number of rotatable bonds is 3. The van der Waals surface area contributed by atoms with Gasteiger partial charge in [-0.15, -0.1) is 0 Å². The van der Waals surface area contributed by atoms with Gasteiger partial charge in [-0.2, -0.15) is 4.57 Å². The van der Waals surface area contributed by atoms with Crippen LogP contribution in [-0.4, -0.2) is 43.6 Å². The van der Waals surface area contributed by atoms with Crippen LogP contribution in [0.3, 0.4) is 0 Å². The van der Waals surface area contributed by atoms with Gasteiger partial charge < -0.3 is 30.2 Å². The third-order valence-corrected chi connectivity index (χ3v) is 3.34. The second-order valence-corrected chi connectivity index (χ2v) is 5.24. The molecular weight excluding hydrogens is 359 g/mol. The smallest absolute Gasteiger partial charge is 0.328 e. The Bertz CT molecular complexity index is 478. The summed E-state index contributed by atoms with van der Waals surface area (Å²) in [5, 5.41) is 39.7. The highest BCUT2D eigenvalue weighted by atomic mass is 127. The van der Waals surface area contributed by atoms with E-state index in [9.17, 15) is 20.3 Å². The van der Waals surface area contributed by atoms with Crippen LogP contribution in [0.1, 0.15) is 6.42 Å². The predicted octanol–water partition coefficient (Wildman–Crippen LogP) is -0.254. The maximum Gasteiger partial charge on any atom is 0.328 e. The van der Waals surface area contributed by atoms with Crippen LogP contribution in [0.25, 0.3) is 0 Å². The van der Waals surface area contributed by atoms with Crippen molar-refractivity contribution < 1.29 is 25.0 Å². The zero-order valence-electron chi connectivity index (χ0n) is 9.06. The van der Waals surface area contributed by atoms with Gasteiger partial charge in [-0.3, -0.25) is 0 Å². The summed E-state index contributed by atoms with van der Waals surface area (Å²) < 4.78 is 6.62. The lowest BCUT2D eigenvalue weighted by Gasteiger charge is -2.20. The van der Waals surface area contributed by atoms with E-state index in [4.69, 9.17) is 9.84 Å². The topological polar surface area (TPSA) is 118 Å². The van der Waals surface area contributed by atoms with Crippen molar-refractivity contribution in [1.82, 2.24) is 4.57 Å². The molecule has 3 atom stereocenters. The lowest BCUT2D eigenvalue weighted by molar-refractivity contribution is -0.401. The maximum absolute atomic E-state index is 10.9. The van der Waals surface area contributed by atoms with Gasteiger partial charge in [0.25, 0.3) is 0 Å².